The zero-order valence-corrected chi connectivity index (χ0v) is 19.8. The van der Waals surface area contributed by atoms with Gasteiger partial charge in [0.15, 0.2) is 5.60 Å². The van der Waals surface area contributed by atoms with E-state index in [9.17, 15) is 36.2 Å². The number of nitrogens with zero attached hydrogens (tertiary/aromatic N) is 3. The second-order valence-corrected chi connectivity index (χ2v) is 8.95. The SMILES string of the molecule is C[C@@](O)(C(=O)Nc1ccc(C#N)c(C(F)(F)F)c1)C1NCCCCNc2c3c(C(F)(F)F)cccc3nn21. The Labute approximate surface area is 212 Å². The molecule has 0 radical (unpaired) electrons. The summed E-state index contributed by atoms with van der Waals surface area (Å²) in [5.74, 6) is -1.22. The topological polar surface area (TPSA) is 115 Å². The maximum Gasteiger partial charge on any atom is 0.417 e. The Morgan fingerprint density at radius 2 is 1.79 bits per heavy atom. The maximum absolute atomic E-state index is 13.8. The molecule has 1 unspecified atom stereocenters. The van der Waals surface area contributed by atoms with Gasteiger partial charge in [0.1, 0.15) is 12.0 Å². The molecule has 4 N–H and O–H groups in total. The third-order valence-corrected chi connectivity index (χ3v) is 6.20. The summed E-state index contributed by atoms with van der Waals surface area (Å²) >= 11 is 0. The number of carbonyl (C=O) groups is 1. The Hall–Kier alpha value is -3.83. The fourth-order valence-electron chi connectivity index (χ4n) is 4.30. The molecule has 1 aromatic heterocycles. The van der Waals surface area contributed by atoms with Crippen molar-refractivity contribution in [1.82, 2.24) is 15.1 Å². The normalized spacial score (nSPS) is 18.2. The van der Waals surface area contributed by atoms with E-state index in [2.05, 4.69) is 21.0 Å². The first-order chi connectivity index (χ1) is 17.7. The Morgan fingerprint density at radius 1 is 1.11 bits per heavy atom. The van der Waals surface area contributed by atoms with E-state index in [0.717, 1.165) is 29.8 Å². The molecule has 3 aromatic rings. The highest BCUT2D eigenvalue weighted by Gasteiger charge is 2.44. The van der Waals surface area contributed by atoms with E-state index in [1.807, 2.05) is 0 Å². The number of hydrogen-bond acceptors (Lipinski definition) is 6. The largest absolute Gasteiger partial charge is 0.417 e. The molecule has 14 heteroatoms. The quantitative estimate of drug-likeness (QED) is 0.360. The van der Waals surface area contributed by atoms with Gasteiger partial charge < -0.3 is 15.7 Å². The molecule has 0 saturated heterocycles. The number of aromatic nitrogens is 2. The van der Waals surface area contributed by atoms with E-state index < -0.39 is 46.7 Å². The Kier molecular flexibility index (Phi) is 7.02. The Balaban J connectivity index is 1.77. The van der Waals surface area contributed by atoms with Crippen LogP contribution in [0.1, 0.15) is 42.6 Å². The molecule has 202 valence electrons. The van der Waals surface area contributed by atoms with Crippen LogP contribution in [0.4, 0.5) is 37.8 Å². The Bertz CT molecular complexity index is 1410. The summed E-state index contributed by atoms with van der Waals surface area (Å²) in [6.45, 7) is 1.63. The number of anilines is 2. The van der Waals surface area contributed by atoms with Gasteiger partial charge in [-0.25, -0.2) is 4.68 Å². The molecule has 0 aliphatic carbocycles. The maximum atomic E-state index is 13.8. The summed E-state index contributed by atoms with van der Waals surface area (Å²) in [4.78, 5) is 13.2. The molecule has 38 heavy (non-hydrogen) atoms. The molecule has 1 aliphatic heterocycles. The standard InChI is InChI=1S/C24H22F6N6O2/c1-22(38,21(37)34-14-8-7-13(12-31)16(11-14)24(28,29)30)20-33-10-3-2-9-32-19-18-15(23(25,26)27)5-4-6-17(18)35-36(19)20/h4-8,11,20,32-33,38H,2-3,9-10H2,1H3,(H,34,37)/t20?,22-/m0/s1. The number of benzene rings is 2. The van der Waals surface area contributed by atoms with Crippen molar-refractivity contribution >= 4 is 28.3 Å². The zero-order valence-electron chi connectivity index (χ0n) is 19.8. The van der Waals surface area contributed by atoms with Crippen LogP contribution in [0.3, 0.4) is 0 Å². The lowest BCUT2D eigenvalue weighted by molar-refractivity contribution is -0.139. The van der Waals surface area contributed by atoms with Crippen LogP contribution in [0.15, 0.2) is 36.4 Å². The van der Waals surface area contributed by atoms with Crippen molar-refractivity contribution in [2.45, 2.75) is 43.9 Å². The number of fused-ring (bicyclic) bond motifs is 3. The van der Waals surface area contributed by atoms with Crippen molar-refractivity contribution in [3.05, 3.63) is 53.1 Å². The summed E-state index contributed by atoms with van der Waals surface area (Å²) in [5.41, 5.74) is -5.67. The van der Waals surface area contributed by atoms with Crippen LogP contribution in [0.25, 0.3) is 10.9 Å². The smallest absolute Gasteiger partial charge is 0.377 e. The van der Waals surface area contributed by atoms with Gasteiger partial charge in [0.2, 0.25) is 0 Å². The number of aliphatic hydroxyl groups is 1. The molecule has 0 saturated carbocycles. The summed E-state index contributed by atoms with van der Waals surface area (Å²) < 4.78 is 82.6. The van der Waals surface area contributed by atoms with Crippen LogP contribution in [-0.2, 0) is 17.1 Å². The molecule has 4 rings (SSSR count). The Morgan fingerprint density at radius 3 is 2.45 bits per heavy atom. The highest BCUT2D eigenvalue weighted by Crippen LogP contribution is 2.40. The molecule has 2 atom stereocenters. The summed E-state index contributed by atoms with van der Waals surface area (Å²) in [6.07, 6.45) is -9.89. The molecule has 0 fully saturated rings. The van der Waals surface area contributed by atoms with Gasteiger partial charge in [-0.05, 0) is 56.6 Å². The van der Waals surface area contributed by atoms with Gasteiger partial charge in [0.05, 0.1) is 33.7 Å². The van der Waals surface area contributed by atoms with E-state index >= 15 is 0 Å². The van der Waals surface area contributed by atoms with Gasteiger partial charge in [-0.2, -0.15) is 36.7 Å². The van der Waals surface area contributed by atoms with Crippen LogP contribution in [0.2, 0.25) is 0 Å². The lowest BCUT2D eigenvalue weighted by Gasteiger charge is -2.33. The number of alkyl halides is 6. The number of halogens is 6. The number of rotatable bonds is 3. The lowest BCUT2D eigenvalue weighted by atomic mass is 10.00. The lowest BCUT2D eigenvalue weighted by Crippen LogP contribution is -2.53. The van der Waals surface area contributed by atoms with Crippen molar-refractivity contribution in [3.63, 3.8) is 0 Å². The molecular formula is C24H22F6N6O2. The van der Waals surface area contributed by atoms with Gasteiger partial charge in [-0.15, -0.1) is 0 Å². The van der Waals surface area contributed by atoms with E-state index in [1.165, 1.54) is 18.2 Å². The molecule has 8 nitrogen and oxygen atoms in total. The van der Waals surface area contributed by atoms with Crippen LogP contribution in [-0.4, -0.2) is 39.5 Å². The van der Waals surface area contributed by atoms with E-state index in [0.29, 0.717) is 25.5 Å². The number of hydrogen-bond donors (Lipinski definition) is 4. The first-order valence-corrected chi connectivity index (χ1v) is 11.5. The highest BCUT2D eigenvalue weighted by atomic mass is 19.4. The molecule has 2 heterocycles. The summed E-state index contributed by atoms with van der Waals surface area (Å²) in [7, 11) is 0. The van der Waals surface area contributed by atoms with Crippen molar-refractivity contribution in [2.24, 2.45) is 0 Å². The molecular weight excluding hydrogens is 518 g/mol. The number of carbonyl (C=O) groups excluding carboxylic acids is 1. The third-order valence-electron chi connectivity index (χ3n) is 6.20. The van der Waals surface area contributed by atoms with Gasteiger partial charge in [-0.1, -0.05) is 6.07 Å². The molecule has 1 amide bonds. The van der Waals surface area contributed by atoms with E-state index in [4.69, 9.17) is 5.26 Å². The van der Waals surface area contributed by atoms with Crippen molar-refractivity contribution in [1.29, 1.82) is 5.26 Å². The third kappa shape index (κ3) is 5.11. The fourth-order valence-corrected chi connectivity index (χ4v) is 4.30. The predicted octanol–water partition coefficient (Wildman–Crippen LogP) is 4.63. The second kappa shape index (κ2) is 9.80. The highest BCUT2D eigenvalue weighted by molar-refractivity contribution is 5.98. The van der Waals surface area contributed by atoms with Crippen LogP contribution >= 0.6 is 0 Å². The van der Waals surface area contributed by atoms with Crippen molar-refractivity contribution < 1.29 is 36.2 Å². The van der Waals surface area contributed by atoms with Gasteiger partial charge in [-0.3, -0.25) is 10.1 Å². The fraction of sp³-hybridized carbons (Fsp3) is 0.375. The molecule has 0 bridgehead atoms. The summed E-state index contributed by atoms with van der Waals surface area (Å²) in [5, 5.41) is 32.4. The van der Waals surface area contributed by atoms with E-state index in [-0.39, 0.29) is 29.0 Å². The van der Waals surface area contributed by atoms with Crippen molar-refractivity contribution in [3.8, 4) is 6.07 Å². The van der Waals surface area contributed by atoms with Crippen molar-refractivity contribution in [2.75, 3.05) is 23.7 Å². The number of amides is 1. The monoisotopic (exact) mass is 540 g/mol. The minimum absolute atomic E-state index is 0.0344. The van der Waals surface area contributed by atoms with Crippen LogP contribution < -0.4 is 16.0 Å². The molecule has 2 aromatic carbocycles. The zero-order chi connectivity index (χ0) is 27.9. The first-order valence-electron chi connectivity index (χ1n) is 11.5. The minimum atomic E-state index is -4.88. The van der Waals surface area contributed by atoms with Gasteiger partial charge in [0.25, 0.3) is 5.91 Å². The van der Waals surface area contributed by atoms with Gasteiger partial charge >= 0.3 is 12.4 Å². The average Bonchev–Trinajstić information content (AvgIpc) is 3.23. The predicted molar refractivity (Wildman–Crippen MR) is 125 cm³/mol. The van der Waals surface area contributed by atoms with Crippen LogP contribution in [0.5, 0.6) is 0 Å². The first kappa shape index (κ1) is 27.2. The molecule has 1 aliphatic rings. The number of nitrogens with one attached hydrogen (secondary N) is 3. The van der Waals surface area contributed by atoms with Gasteiger partial charge in [0, 0.05) is 12.2 Å². The minimum Gasteiger partial charge on any atom is -0.377 e. The molecule has 0 spiro atoms. The average molecular weight is 540 g/mol. The van der Waals surface area contributed by atoms with E-state index in [1.54, 1.807) is 0 Å². The number of nitriles is 1. The van der Waals surface area contributed by atoms with Crippen LogP contribution in [0, 0.1) is 11.3 Å². The second-order valence-electron chi connectivity index (χ2n) is 8.95. The summed E-state index contributed by atoms with van der Waals surface area (Å²) in [6, 6.07) is 7.40.